The highest BCUT2D eigenvalue weighted by Gasteiger charge is 2.37. The Labute approximate surface area is 179 Å². The van der Waals surface area contributed by atoms with Crippen LogP contribution in [-0.4, -0.2) is 39.6 Å². The second-order valence-electron chi connectivity index (χ2n) is 7.34. The quantitative estimate of drug-likeness (QED) is 0.641. The van der Waals surface area contributed by atoms with Gasteiger partial charge in [0.1, 0.15) is 5.82 Å². The number of nitrogens with one attached hydrogen (secondary N) is 1. The molecule has 8 heteroatoms. The highest BCUT2D eigenvalue weighted by molar-refractivity contribution is 7.09. The van der Waals surface area contributed by atoms with Crippen molar-refractivity contribution in [1.82, 2.24) is 14.9 Å². The van der Waals surface area contributed by atoms with Crippen LogP contribution < -0.4 is 5.32 Å². The molecule has 0 unspecified atom stereocenters. The third kappa shape index (κ3) is 3.39. The number of benzene rings is 1. The van der Waals surface area contributed by atoms with Gasteiger partial charge in [0.2, 0.25) is 5.91 Å². The van der Waals surface area contributed by atoms with Crippen LogP contribution in [0.25, 0.3) is 11.3 Å². The fraction of sp³-hybridized carbons (Fsp3) is 0.227. The highest BCUT2D eigenvalue weighted by Crippen LogP contribution is 2.32. The van der Waals surface area contributed by atoms with E-state index in [1.807, 2.05) is 25.3 Å². The average molecular weight is 423 g/mol. The topological polar surface area (TPSA) is 92.3 Å². The van der Waals surface area contributed by atoms with Gasteiger partial charge in [0.15, 0.2) is 0 Å². The molecular weight excluding hydrogens is 400 g/mol. The van der Waals surface area contributed by atoms with Crippen molar-refractivity contribution in [2.75, 3.05) is 12.4 Å². The van der Waals surface area contributed by atoms with Crippen LogP contribution in [0, 0.1) is 13.8 Å². The van der Waals surface area contributed by atoms with E-state index in [4.69, 9.17) is 0 Å². The molecule has 30 heavy (non-hydrogen) atoms. The van der Waals surface area contributed by atoms with Crippen molar-refractivity contribution < 1.29 is 15.8 Å². The van der Waals surface area contributed by atoms with Gasteiger partial charge in [-0.25, -0.2) is 9.97 Å². The highest BCUT2D eigenvalue weighted by atomic mass is 32.1. The van der Waals surface area contributed by atoms with Gasteiger partial charge < -0.3 is 5.32 Å². The molecule has 154 valence electrons. The lowest BCUT2D eigenvalue weighted by Crippen LogP contribution is -2.25. The van der Waals surface area contributed by atoms with Crippen LogP contribution >= 0.6 is 11.3 Å². The SMILES string of the molecule is Cc1cc2c(c([C@H](C)C(=O)Nc3ccc(-c4csc(C)n4)cn3)c1)C(=O)N(C)C2=O.[HH]. The Balaban J connectivity index is 0.00000272. The summed E-state index contributed by atoms with van der Waals surface area (Å²) >= 11 is 1.56. The first-order valence-electron chi connectivity index (χ1n) is 9.42. The molecule has 1 N–H and O–H groups in total. The lowest BCUT2D eigenvalue weighted by molar-refractivity contribution is -0.117. The summed E-state index contributed by atoms with van der Waals surface area (Å²) in [5, 5.41) is 5.73. The number of aromatic nitrogens is 2. The number of hydrogen-bond acceptors (Lipinski definition) is 6. The summed E-state index contributed by atoms with van der Waals surface area (Å²) in [6.07, 6.45) is 1.66. The van der Waals surface area contributed by atoms with Gasteiger partial charge in [0, 0.05) is 25.6 Å². The molecule has 4 rings (SSSR count). The average Bonchev–Trinajstić information content (AvgIpc) is 3.25. The molecule has 3 aromatic rings. The summed E-state index contributed by atoms with van der Waals surface area (Å²) < 4.78 is 0. The van der Waals surface area contributed by atoms with Gasteiger partial charge in [0.25, 0.3) is 11.8 Å². The van der Waals surface area contributed by atoms with E-state index in [2.05, 4.69) is 15.3 Å². The zero-order chi connectivity index (χ0) is 21.6. The first-order chi connectivity index (χ1) is 14.3. The lowest BCUT2D eigenvalue weighted by atomic mass is 9.90. The van der Waals surface area contributed by atoms with E-state index >= 15 is 0 Å². The summed E-state index contributed by atoms with van der Waals surface area (Å²) in [5.74, 6) is -1.26. The van der Waals surface area contributed by atoms with Crippen LogP contribution in [0.2, 0.25) is 0 Å². The fourth-order valence-corrected chi connectivity index (χ4v) is 4.12. The lowest BCUT2D eigenvalue weighted by Gasteiger charge is -2.16. The molecule has 0 aliphatic carbocycles. The summed E-state index contributed by atoms with van der Waals surface area (Å²) in [4.78, 5) is 47.6. The molecule has 3 heterocycles. The number of pyridine rings is 1. The van der Waals surface area contributed by atoms with Gasteiger partial charge in [-0.2, -0.15) is 0 Å². The molecule has 1 aliphatic rings. The van der Waals surface area contributed by atoms with Gasteiger partial charge in [-0.3, -0.25) is 19.3 Å². The van der Waals surface area contributed by atoms with Gasteiger partial charge in [-0.1, -0.05) is 6.07 Å². The maximum absolute atomic E-state index is 12.9. The van der Waals surface area contributed by atoms with Gasteiger partial charge in [-0.15, -0.1) is 11.3 Å². The Morgan fingerprint density at radius 3 is 2.60 bits per heavy atom. The third-order valence-corrected chi connectivity index (χ3v) is 5.93. The minimum atomic E-state index is -0.635. The van der Waals surface area contributed by atoms with Crippen molar-refractivity contribution in [3.63, 3.8) is 0 Å². The van der Waals surface area contributed by atoms with Crippen LogP contribution in [0.1, 0.15) is 51.1 Å². The first kappa shape index (κ1) is 19.9. The molecule has 7 nitrogen and oxygen atoms in total. The molecule has 2 aromatic heterocycles. The number of amides is 3. The largest absolute Gasteiger partial charge is 0.310 e. The van der Waals surface area contributed by atoms with Crippen molar-refractivity contribution >= 4 is 34.9 Å². The van der Waals surface area contributed by atoms with E-state index in [1.165, 1.54) is 7.05 Å². The number of fused-ring (bicyclic) bond motifs is 1. The van der Waals surface area contributed by atoms with Crippen molar-refractivity contribution in [3.05, 3.63) is 63.1 Å². The molecule has 1 atom stereocenters. The number of aryl methyl sites for hydroxylation is 2. The van der Waals surface area contributed by atoms with E-state index in [1.54, 1.807) is 42.7 Å². The molecule has 3 amide bonds. The number of hydrogen-bond donors (Lipinski definition) is 1. The number of carbonyl (C=O) groups excluding carboxylic acids is 3. The molecule has 1 aromatic carbocycles. The number of anilines is 1. The second kappa shape index (κ2) is 7.46. The smallest absolute Gasteiger partial charge is 0.261 e. The molecule has 0 saturated heterocycles. The number of nitrogens with zero attached hydrogens (tertiary/aromatic N) is 3. The zero-order valence-corrected chi connectivity index (χ0v) is 17.8. The Morgan fingerprint density at radius 1 is 1.20 bits per heavy atom. The standard InChI is InChI=1S/C22H20N4O3S.H2/c1-11-7-15(19-16(8-11)21(28)26(4)22(19)29)12(2)20(27)25-18-6-5-14(9-23-18)17-10-30-13(3)24-17;/h5-10,12H,1-4H3,(H,23,25,27);1H/t12-;/m0./s1. The molecule has 1 aliphatic heterocycles. The second-order valence-corrected chi connectivity index (χ2v) is 8.40. The van der Waals surface area contributed by atoms with Crippen LogP contribution in [0.3, 0.4) is 0 Å². The minimum Gasteiger partial charge on any atom is -0.310 e. The van der Waals surface area contributed by atoms with Crippen molar-refractivity contribution in [2.45, 2.75) is 26.7 Å². The zero-order valence-electron chi connectivity index (χ0n) is 17.0. The Bertz CT molecular complexity index is 1190. The normalized spacial score (nSPS) is 14.1. The number of thiazole rings is 1. The first-order valence-corrected chi connectivity index (χ1v) is 10.3. The fourth-order valence-electron chi connectivity index (χ4n) is 3.49. The Hall–Kier alpha value is -3.39. The summed E-state index contributed by atoms with van der Waals surface area (Å²) in [6.45, 7) is 5.49. The molecule has 0 bridgehead atoms. The number of carbonyl (C=O) groups is 3. The molecule has 0 spiro atoms. The van der Waals surface area contributed by atoms with Crippen LogP contribution in [-0.2, 0) is 4.79 Å². The minimum absolute atomic E-state index is 0. The predicted octanol–water partition coefficient (Wildman–Crippen LogP) is 4.04. The van der Waals surface area contributed by atoms with E-state index in [-0.39, 0.29) is 19.1 Å². The molecule has 0 saturated carbocycles. The van der Waals surface area contributed by atoms with Crippen LogP contribution in [0.15, 0.2) is 35.8 Å². The van der Waals surface area contributed by atoms with Crippen LogP contribution in [0.5, 0.6) is 0 Å². The third-order valence-electron chi connectivity index (χ3n) is 5.16. The Kier molecular flexibility index (Phi) is 4.95. The van der Waals surface area contributed by atoms with Gasteiger partial charge >= 0.3 is 0 Å². The predicted molar refractivity (Wildman–Crippen MR) is 117 cm³/mol. The van der Waals surface area contributed by atoms with E-state index in [9.17, 15) is 14.4 Å². The van der Waals surface area contributed by atoms with Crippen molar-refractivity contribution in [3.8, 4) is 11.3 Å². The van der Waals surface area contributed by atoms with Gasteiger partial charge in [0.05, 0.1) is 27.7 Å². The maximum atomic E-state index is 12.9. The van der Waals surface area contributed by atoms with E-state index < -0.39 is 5.92 Å². The molecule has 0 radical (unpaired) electrons. The van der Waals surface area contributed by atoms with E-state index in [0.29, 0.717) is 22.5 Å². The maximum Gasteiger partial charge on any atom is 0.261 e. The number of rotatable bonds is 4. The summed E-state index contributed by atoms with van der Waals surface area (Å²) in [5.41, 5.74) is 3.73. The van der Waals surface area contributed by atoms with Crippen molar-refractivity contribution in [1.29, 1.82) is 0 Å². The molecular formula is C22H22N4O3S. The van der Waals surface area contributed by atoms with Crippen LogP contribution in [0.4, 0.5) is 5.82 Å². The van der Waals surface area contributed by atoms with E-state index in [0.717, 1.165) is 26.7 Å². The van der Waals surface area contributed by atoms with Gasteiger partial charge in [-0.05, 0) is 50.1 Å². The number of imide groups is 1. The monoisotopic (exact) mass is 422 g/mol. The Morgan fingerprint density at radius 2 is 1.97 bits per heavy atom. The van der Waals surface area contributed by atoms with Crippen molar-refractivity contribution in [2.24, 2.45) is 0 Å². The summed E-state index contributed by atoms with van der Waals surface area (Å²) in [6, 6.07) is 7.04. The summed E-state index contributed by atoms with van der Waals surface area (Å²) in [7, 11) is 1.45. The molecule has 0 fully saturated rings.